The Labute approximate surface area is 122 Å². The van der Waals surface area contributed by atoms with Crippen LogP contribution < -0.4 is 0 Å². The van der Waals surface area contributed by atoms with Gasteiger partial charge in [0.1, 0.15) is 5.82 Å². The number of likely N-dealkylation sites (tertiary alicyclic amines) is 2. The van der Waals surface area contributed by atoms with Crippen molar-refractivity contribution in [1.29, 1.82) is 0 Å². The average molecular weight is 276 g/mol. The average Bonchev–Trinajstić information content (AvgIpc) is 2.99. The summed E-state index contributed by atoms with van der Waals surface area (Å²) in [6, 6.07) is 0. The van der Waals surface area contributed by atoms with Crippen LogP contribution in [0, 0.1) is 5.41 Å². The summed E-state index contributed by atoms with van der Waals surface area (Å²) in [4.78, 5) is 9.71. The Morgan fingerprint density at radius 3 is 2.90 bits per heavy atom. The van der Waals surface area contributed by atoms with Crippen LogP contribution in [0.3, 0.4) is 0 Å². The van der Waals surface area contributed by atoms with Gasteiger partial charge in [0, 0.05) is 32.0 Å². The van der Waals surface area contributed by atoms with Crippen molar-refractivity contribution in [3.8, 4) is 0 Å². The fraction of sp³-hybridized carbons (Fsp3) is 0.812. The molecule has 2 aliphatic heterocycles. The molecular formula is C16H28N4. The van der Waals surface area contributed by atoms with E-state index in [4.69, 9.17) is 0 Å². The van der Waals surface area contributed by atoms with E-state index in [1.165, 1.54) is 57.7 Å². The van der Waals surface area contributed by atoms with Gasteiger partial charge in [-0.3, -0.25) is 4.90 Å². The fourth-order valence-electron chi connectivity index (χ4n) is 4.07. The molecule has 3 heterocycles. The van der Waals surface area contributed by atoms with Gasteiger partial charge in [-0.1, -0.05) is 6.92 Å². The minimum Gasteiger partial charge on any atom is -0.334 e. The van der Waals surface area contributed by atoms with E-state index in [1.807, 2.05) is 6.20 Å². The molecule has 1 spiro atoms. The molecule has 0 bridgehead atoms. The molecule has 0 N–H and O–H groups in total. The first-order chi connectivity index (χ1) is 9.71. The van der Waals surface area contributed by atoms with E-state index >= 15 is 0 Å². The van der Waals surface area contributed by atoms with Crippen LogP contribution in [0.4, 0.5) is 0 Å². The molecule has 0 saturated carbocycles. The lowest BCUT2D eigenvalue weighted by Crippen LogP contribution is -2.44. The van der Waals surface area contributed by atoms with E-state index in [0.717, 1.165) is 13.1 Å². The molecule has 4 nitrogen and oxygen atoms in total. The molecule has 112 valence electrons. The first-order valence-corrected chi connectivity index (χ1v) is 8.12. The highest BCUT2D eigenvalue weighted by Crippen LogP contribution is 2.38. The monoisotopic (exact) mass is 276 g/mol. The predicted octanol–water partition coefficient (Wildman–Crippen LogP) is 2.21. The van der Waals surface area contributed by atoms with E-state index in [-0.39, 0.29) is 0 Å². The van der Waals surface area contributed by atoms with Crippen LogP contribution in [0.2, 0.25) is 0 Å². The first kappa shape index (κ1) is 14.1. The van der Waals surface area contributed by atoms with Crippen LogP contribution >= 0.6 is 0 Å². The van der Waals surface area contributed by atoms with Crippen molar-refractivity contribution >= 4 is 0 Å². The van der Waals surface area contributed by atoms with Gasteiger partial charge in [0.15, 0.2) is 0 Å². The second kappa shape index (κ2) is 5.86. The normalized spacial score (nSPS) is 28.5. The highest BCUT2D eigenvalue weighted by Gasteiger charge is 2.40. The first-order valence-electron chi connectivity index (χ1n) is 8.12. The smallest absolute Gasteiger partial charge is 0.122 e. The van der Waals surface area contributed by atoms with Crippen LogP contribution in [0.15, 0.2) is 12.4 Å². The van der Waals surface area contributed by atoms with Crippen molar-refractivity contribution in [1.82, 2.24) is 19.4 Å². The number of hydrogen-bond donors (Lipinski definition) is 0. The second-order valence-corrected chi connectivity index (χ2v) is 6.84. The Morgan fingerprint density at radius 1 is 1.25 bits per heavy atom. The van der Waals surface area contributed by atoms with Gasteiger partial charge in [-0.05, 0) is 51.2 Å². The predicted molar refractivity (Wildman–Crippen MR) is 81.6 cm³/mol. The standard InChI is InChI=1S/C16H28N4/c1-3-8-20-11-7-17-15(20)12-19-9-4-5-16(14-19)6-10-18(2)13-16/h7,11H,3-6,8-10,12-14H2,1-2H3/t16-/m1/s1. The number of aryl methyl sites for hydroxylation is 1. The summed E-state index contributed by atoms with van der Waals surface area (Å²) >= 11 is 0. The van der Waals surface area contributed by atoms with Crippen LogP contribution in [-0.4, -0.2) is 52.6 Å². The van der Waals surface area contributed by atoms with Gasteiger partial charge >= 0.3 is 0 Å². The Morgan fingerprint density at radius 2 is 2.15 bits per heavy atom. The van der Waals surface area contributed by atoms with Crippen LogP contribution in [0.5, 0.6) is 0 Å². The number of hydrogen-bond acceptors (Lipinski definition) is 3. The highest BCUT2D eigenvalue weighted by atomic mass is 15.2. The molecule has 1 atom stereocenters. The maximum Gasteiger partial charge on any atom is 0.122 e. The summed E-state index contributed by atoms with van der Waals surface area (Å²) in [6.45, 7) is 9.41. The minimum absolute atomic E-state index is 0.565. The summed E-state index contributed by atoms with van der Waals surface area (Å²) in [5, 5.41) is 0. The van der Waals surface area contributed by atoms with Crippen molar-refractivity contribution in [3.63, 3.8) is 0 Å². The number of imidazole rings is 1. The van der Waals surface area contributed by atoms with Gasteiger partial charge in [-0.2, -0.15) is 0 Å². The number of piperidine rings is 1. The summed E-state index contributed by atoms with van der Waals surface area (Å²) in [6.07, 6.45) is 9.40. The molecular weight excluding hydrogens is 248 g/mol. The molecule has 2 saturated heterocycles. The molecule has 1 aromatic heterocycles. The molecule has 2 fully saturated rings. The lowest BCUT2D eigenvalue weighted by molar-refractivity contribution is 0.0871. The Kier molecular flexibility index (Phi) is 4.13. The lowest BCUT2D eigenvalue weighted by atomic mass is 9.79. The van der Waals surface area contributed by atoms with Gasteiger partial charge in [0.25, 0.3) is 0 Å². The number of aromatic nitrogens is 2. The Balaban J connectivity index is 1.64. The topological polar surface area (TPSA) is 24.3 Å². The number of nitrogens with zero attached hydrogens (tertiary/aromatic N) is 4. The van der Waals surface area contributed by atoms with Gasteiger partial charge < -0.3 is 9.47 Å². The van der Waals surface area contributed by atoms with Crippen molar-refractivity contribution < 1.29 is 0 Å². The Hall–Kier alpha value is -0.870. The molecule has 0 aromatic carbocycles. The van der Waals surface area contributed by atoms with Gasteiger partial charge in [-0.15, -0.1) is 0 Å². The SMILES string of the molecule is CCCn1ccnc1CN1CCC[C@]2(CCN(C)C2)C1. The molecule has 3 rings (SSSR count). The number of rotatable bonds is 4. The summed E-state index contributed by atoms with van der Waals surface area (Å²) < 4.78 is 2.32. The maximum absolute atomic E-state index is 4.57. The maximum atomic E-state index is 4.57. The van der Waals surface area contributed by atoms with Gasteiger partial charge in [0.2, 0.25) is 0 Å². The van der Waals surface area contributed by atoms with E-state index in [2.05, 4.69) is 39.5 Å². The zero-order valence-corrected chi connectivity index (χ0v) is 13.0. The molecule has 1 aromatic rings. The fourth-order valence-corrected chi connectivity index (χ4v) is 4.07. The third-order valence-corrected chi connectivity index (χ3v) is 5.00. The zero-order chi connectivity index (χ0) is 14.0. The van der Waals surface area contributed by atoms with Gasteiger partial charge in [-0.25, -0.2) is 4.98 Å². The minimum atomic E-state index is 0.565. The van der Waals surface area contributed by atoms with E-state index < -0.39 is 0 Å². The van der Waals surface area contributed by atoms with Crippen molar-refractivity contribution in [3.05, 3.63) is 18.2 Å². The Bertz CT molecular complexity index is 437. The quantitative estimate of drug-likeness (QED) is 0.843. The molecule has 4 heteroatoms. The van der Waals surface area contributed by atoms with E-state index in [1.54, 1.807) is 0 Å². The van der Waals surface area contributed by atoms with Crippen molar-refractivity contribution in [2.45, 2.75) is 45.7 Å². The van der Waals surface area contributed by atoms with Crippen LogP contribution in [-0.2, 0) is 13.1 Å². The summed E-state index contributed by atoms with van der Waals surface area (Å²) in [5.41, 5.74) is 0.565. The van der Waals surface area contributed by atoms with Crippen molar-refractivity contribution in [2.24, 2.45) is 5.41 Å². The third-order valence-electron chi connectivity index (χ3n) is 5.00. The van der Waals surface area contributed by atoms with E-state index in [9.17, 15) is 0 Å². The molecule has 2 aliphatic rings. The second-order valence-electron chi connectivity index (χ2n) is 6.84. The molecule has 0 amide bonds. The lowest BCUT2D eigenvalue weighted by Gasteiger charge is -2.40. The highest BCUT2D eigenvalue weighted by molar-refractivity contribution is 4.97. The van der Waals surface area contributed by atoms with E-state index in [0.29, 0.717) is 5.41 Å². The molecule has 20 heavy (non-hydrogen) atoms. The summed E-state index contributed by atoms with van der Waals surface area (Å²) in [7, 11) is 2.27. The molecule has 0 aliphatic carbocycles. The largest absolute Gasteiger partial charge is 0.334 e. The van der Waals surface area contributed by atoms with Crippen molar-refractivity contribution in [2.75, 3.05) is 33.2 Å². The summed E-state index contributed by atoms with van der Waals surface area (Å²) in [5.74, 6) is 1.25. The van der Waals surface area contributed by atoms with Crippen LogP contribution in [0.25, 0.3) is 0 Å². The van der Waals surface area contributed by atoms with Gasteiger partial charge in [0.05, 0.1) is 6.54 Å². The van der Waals surface area contributed by atoms with Crippen LogP contribution in [0.1, 0.15) is 38.4 Å². The zero-order valence-electron chi connectivity index (χ0n) is 13.0. The third kappa shape index (κ3) is 2.91. The molecule has 0 unspecified atom stereocenters. The molecule has 0 radical (unpaired) electrons.